The minimum Gasteiger partial charge on any atom is -0.495 e. The van der Waals surface area contributed by atoms with Gasteiger partial charge in [-0.15, -0.1) is 0 Å². The average Bonchev–Trinajstić information content (AvgIpc) is 3.53. The lowest BCUT2D eigenvalue weighted by Gasteiger charge is -2.20. The summed E-state index contributed by atoms with van der Waals surface area (Å²) in [6.07, 6.45) is 2.03. The van der Waals surface area contributed by atoms with E-state index in [0.717, 1.165) is 25.9 Å². The molecule has 1 fully saturated rings. The van der Waals surface area contributed by atoms with E-state index in [1.807, 2.05) is 0 Å². The molecule has 3 aromatic carbocycles. The number of nitro benzene ring substituents is 1. The van der Waals surface area contributed by atoms with Gasteiger partial charge in [-0.05, 0) is 55.3 Å². The van der Waals surface area contributed by atoms with Crippen LogP contribution in [0.15, 0.2) is 59.0 Å². The van der Waals surface area contributed by atoms with E-state index in [0.29, 0.717) is 44.7 Å². The highest BCUT2D eigenvalue weighted by Gasteiger charge is 2.23. The number of nitro groups is 1. The Morgan fingerprint density at radius 2 is 1.94 bits per heavy atom. The topological polar surface area (TPSA) is 111 Å². The maximum absolute atomic E-state index is 13.2. The molecule has 1 amide bonds. The van der Waals surface area contributed by atoms with Gasteiger partial charge in [0.2, 0.25) is 5.89 Å². The Bertz CT molecular complexity index is 1450. The Kier molecular flexibility index (Phi) is 6.00. The predicted octanol–water partition coefficient (Wildman–Crippen LogP) is 5.92. The molecule has 1 N–H and O–H groups in total. The lowest BCUT2D eigenvalue weighted by molar-refractivity contribution is -0.384. The summed E-state index contributed by atoms with van der Waals surface area (Å²) in [6, 6.07) is 14.7. The number of nitrogens with zero attached hydrogens (tertiary/aromatic N) is 3. The smallest absolute Gasteiger partial charge is 0.270 e. The molecule has 178 valence electrons. The van der Waals surface area contributed by atoms with Gasteiger partial charge in [0.15, 0.2) is 5.58 Å². The summed E-state index contributed by atoms with van der Waals surface area (Å²) in [5.74, 6) is 0.495. The van der Waals surface area contributed by atoms with Gasteiger partial charge in [0.1, 0.15) is 11.3 Å². The molecule has 0 unspecified atom stereocenters. The summed E-state index contributed by atoms with van der Waals surface area (Å²) >= 11 is 6.22. The van der Waals surface area contributed by atoms with Crippen molar-refractivity contribution in [2.75, 3.05) is 30.4 Å². The lowest BCUT2D eigenvalue weighted by atomic mass is 10.1. The van der Waals surface area contributed by atoms with Gasteiger partial charge in [0, 0.05) is 36.5 Å². The highest BCUT2D eigenvalue weighted by atomic mass is 35.5. The van der Waals surface area contributed by atoms with Crippen molar-refractivity contribution in [1.29, 1.82) is 0 Å². The van der Waals surface area contributed by atoms with Gasteiger partial charge in [-0.25, -0.2) is 4.98 Å². The van der Waals surface area contributed by atoms with Crippen LogP contribution >= 0.6 is 11.6 Å². The van der Waals surface area contributed by atoms with Crippen LogP contribution in [0.25, 0.3) is 22.6 Å². The number of carbonyl (C=O) groups is 1. The second-order valence-electron chi connectivity index (χ2n) is 8.16. The van der Waals surface area contributed by atoms with Gasteiger partial charge in [0.05, 0.1) is 28.3 Å². The molecule has 1 saturated heterocycles. The number of carbonyl (C=O) groups excluding carboxylic acids is 1. The van der Waals surface area contributed by atoms with E-state index in [1.54, 1.807) is 42.5 Å². The van der Waals surface area contributed by atoms with E-state index >= 15 is 0 Å². The number of ether oxygens (including phenoxy) is 1. The van der Waals surface area contributed by atoms with Gasteiger partial charge >= 0.3 is 0 Å². The van der Waals surface area contributed by atoms with Gasteiger partial charge in [0.25, 0.3) is 11.6 Å². The summed E-state index contributed by atoms with van der Waals surface area (Å²) < 4.78 is 11.0. The van der Waals surface area contributed by atoms with Crippen LogP contribution in [-0.2, 0) is 0 Å². The van der Waals surface area contributed by atoms with Crippen LogP contribution in [0.2, 0.25) is 5.02 Å². The minimum atomic E-state index is -0.501. The van der Waals surface area contributed by atoms with Crippen LogP contribution in [0.4, 0.5) is 17.1 Å². The molecule has 2 heterocycles. The van der Waals surface area contributed by atoms with Crippen molar-refractivity contribution >= 4 is 45.7 Å². The van der Waals surface area contributed by atoms with Gasteiger partial charge in [-0.3, -0.25) is 14.9 Å². The number of rotatable bonds is 6. The van der Waals surface area contributed by atoms with Crippen molar-refractivity contribution in [2.45, 2.75) is 12.8 Å². The molecule has 0 aliphatic carbocycles. The Balaban J connectivity index is 1.44. The third-order valence-corrected chi connectivity index (χ3v) is 6.22. The number of fused-ring (bicyclic) bond motifs is 1. The molecular weight excluding hydrogens is 472 g/mol. The van der Waals surface area contributed by atoms with Gasteiger partial charge in [-0.1, -0.05) is 11.6 Å². The van der Waals surface area contributed by atoms with Crippen LogP contribution in [0.3, 0.4) is 0 Å². The molecule has 4 aromatic rings. The fourth-order valence-corrected chi connectivity index (χ4v) is 4.44. The summed E-state index contributed by atoms with van der Waals surface area (Å²) in [5, 5.41) is 14.6. The first-order valence-electron chi connectivity index (χ1n) is 11.0. The first-order valence-corrected chi connectivity index (χ1v) is 11.4. The number of hydrogen-bond acceptors (Lipinski definition) is 7. The standard InChI is InChI=1S/C25H21ClN4O5/c1-34-22-8-4-15(12-19(22)26)25-28-20-13-16(5-9-23(20)35-25)27-24(31)18-14-17(30(32)33)6-7-21(18)29-10-2-3-11-29/h4-9,12-14H,2-3,10-11H2,1H3,(H,27,31). The zero-order valence-electron chi connectivity index (χ0n) is 18.8. The highest BCUT2D eigenvalue weighted by molar-refractivity contribution is 6.32. The second kappa shape index (κ2) is 9.27. The second-order valence-corrected chi connectivity index (χ2v) is 8.56. The van der Waals surface area contributed by atoms with Crippen molar-refractivity contribution in [3.63, 3.8) is 0 Å². The number of amides is 1. The number of anilines is 2. The van der Waals surface area contributed by atoms with Crippen molar-refractivity contribution in [2.24, 2.45) is 0 Å². The zero-order valence-corrected chi connectivity index (χ0v) is 19.5. The first-order chi connectivity index (χ1) is 16.9. The molecule has 9 nitrogen and oxygen atoms in total. The van der Waals surface area contributed by atoms with E-state index in [-0.39, 0.29) is 11.3 Å². The van der Waals surface area contributed by atoms with Gasteiger partial charge < -0.3 is 19.4 Å². The fraction of sp³-hybridized carbons (Fsp3) is 0.200. The van der Waals surface area contributed by atoms with E-state index in [2.05, 4.69) is 15.2 Å². The fourth-order valence-electron chi connectivity index (χ4n) is 4.18. The molecule has 1 aliphatic rings. The predicted molar refractivity (Wildman–Crippen MR) is 134 cm³/mol. The van der Waals surface area contributed by atoms with Gasteiger partial charge in [-0.2, -0.15) is 0 Å². The normalized spacial score (nSPS) is 13.3. The van der Waals surface area contributed by atoms with Crippen LogP contribution < -0.4 is 15.0 Å². The third kappa shape index (κ3) is 4.50. The van der Waals surface area contributed by atoms with Crippen LogP contribution in [0.1, 0.15) is 23.2 Å². The third-order valence-electron chi connectivity index (χ3n) is 5.93. The zero-order chi connectivity index (χ0) is 24.5. The Morgan fingerprint density at radius 3 is 2.66 bits per heavy atom. The quantitative estimate of drug-likeness (QED) is 0.263. The molecule has 0 saturated carbocycles. The maximum Gasteiger partial charge on any atom is 0.270 e. The summed E-state index contributed by atoms with van der Waals surface area (Å²) in [5.41, 5.74) is 3.08. The number of halogens is 1. The lowest BCUT2D eigenvalue weighted by Crippen LogP contribution is -2.23. The molecule has 0 atom stereocenters. The van der Waals surface area contributed by atoms with E-state index in [4.69, 9.17) is 20.8 Å². The molecule has 35 heavy (non-hydrogen) atoms. The van der Waals surface area contributed by atoms with E-state index in [1.165, 1.54) is 19.2 Å². The Hall–Kier alpha value is -4.11. The monoisotopic (exact) mass is 492 g/mol. The molecule has 0 radical (unpaired) electrons. The van der Waals surface area contributed by atoms with E-state index in [9.17, 15) is 14.9 Å². The van der Waals surface area contributed by atoms with Crippen LogP contribution in [0.5, 0.6) is 5.75 Å². The first kappa shape index (κ1) is 22.7. The number of hydrogen-bond donors (Lipinski definition) is 1. The van der Waals surface area contributed by atoms with Crippen LogP contribution in [-0.4, -0.2) is 36.0 Å². The largest absolute Gasteiger partial charge is 0.495 e. The number of benzene rings is 3. The molecule has 10 heteroatoms. The number of methoxy groups -OCH3 is 1. The molecule has 1 aliphatic heterocycles. The summed E-state index contributed by atoms with van der Waals surface area (Å²) in [4.78, 5) is 30.6. The highest BCUT2D eigenvalue weighted by Crippen LogP contribution is 2.33. The van der Waals surface area contributed by atoms with Crippen molar-refractivity contribution in [3.05, 3.63) is 75.3 Å². The number of nitrogens with one attached hydrogen (secondary N) is 1. The molecule has 0 spiro atoms. The van der Waals surface area contributed by atoms with Crippen LogP contribution in [0, 0.1) is 10.1 Å². The SMILES string of the molecule is COc1ccc(-c2nc3cc(NC(=O)c4cc([N+](=O)[O-])ccc4N4CCCC4)ccc3o2)cc1Cl. The molecular formula is C25H21ClN4O5. The van der Waals surface area contributed by atoms with Crippen molar-refractivity contribution < 1.29 is 18.9 Å². The maximum atomic E-state index is 13.2. The van der Waals surface area contributed by atoms with E-state index < -0.39 is 10.8 Å². The summed E-state index contributed by atoms with van der Waals surface area (Å²) in [7, 11) is 1.54. The number of aromatic nitrogens is 1. The number of non-ortho nitro benzene ring substituents is 1. The number of oxazole rings is 1. The van der Waals surface area contributed by atoms with Crippen molar-refractivity contribution in [3.8, 4) is 17.2 Å². The average molecular weight is 493 g/mol. The Labute approximate surface area is 205 Å². The molecule has 1 aromatic heterocycles. The molecule has 0 bridgehead atoms. The Morgan fingerprint density at radius 1 is 1.14 bits per heavy atom. The summed E-state index contributed by atoms with van der Waals surface area (Å²) in [6.45, 7) is 1.61. The molecule has 5 rings (SSSR count). The minimum absolute atomic E-state index is 0.132. The van der Waals surface area contributed by atoms with Crippen molar-refractivity contribution in [1.82, 2.24) is 4.98 Å².